The summed E-state index contributed by atoms with van der Waals surface area (Å²) in [6.45, 7) is 3.57. The lowest BCUT2D eigenvalue weighted by Gasteiger charge is -2.12. The summed E-state index contributed by atoms with van der Waals surface area (Å²) in [5.74, 6) is -0.962. The van der Waals surface area contributed by atoms with Gasteiger partial charge in [0.25, 0.3) is 0 Å². The number of unbranched alkanes of at least 4 members (excludes halogenated alkanes) is 11. The Morgan fingerprint density at radius 1 is 0.812 bits per heavy atom. The minimum atomic E-state index is -0.501. The van der Waals surface area contributed by atoms with Crippen LogP contribution in [0.4, 0.5) is 0 Å². The fourth-order valence-corrected chi connectivity index (χ4v) is 4.05. The molecule has 2 rings (SSSR count). The molecular weight excluding hydrogens is 404 g/mol. The van der Waals surface area contributed by atoms with Crippen LogP contribution < -0.4 is 0 Å². The Bertz CT molecular complexity index is 651. The largest absolute Gasteiger partial charge is 0.462 e. The van der Waals surface area contributed by atoms with E-state index in [2.05, 4.69) is 6.92 Å². The summed E-state index contributed by atoms with van der Waals surface area (Å²) >= 11 is 0. The molecular formula is C27H42O5. The molecule has 0 aromatic heterocycles. The van der Waals surface area contributed by atoms with E-state index in [4.69, 9.17) is 14.2 Å². The summed E-state index contributed by atoms with van der Waals surface area (Å²) in [6.07, 6.45) is 17.0. The van der Waals surface area contributed by atoms with Crippen LogP contribution in [0.2, 0.25) is 0 Å². The Labute approximate surface area is 194 Å². The van der Waals surface area contributed by atoms with E-state index >= 15 is 0 Å². The van der Waals surface area contributed by atoms with Gasteiger partial charge in [-0.05, 0) is 31.4 Å². The number of carbonyl (C=O) groups excluding carboxylic acids is 2. The van der Waals surface area contributed by atoms with Crippen LogP contribution in [-0.2, 0) is 14.2 Å². The number of rotatable bonds is 17. The molecule has 180 valence electrons. The van der Waals surface area contributed by atoms with Crippen molar-refractivity contribution in [1.82, 2.24) is 0 Å². The molecule has 32 heavy (non-hydrogen) atoms. The van der Waals surface area contributed by atoms with E-state index in [-0.39, 0.29) is 23.8 Å². The van der Waals surface area contributed by atoms with Gasteiger partial charge in [0, 0.05) is 6.61 Å². The highest BCUT2D eigenvalue weighted by Gasteiger charge is 2.22. The van der Waals surface area contributed by atoms with Crippen molar-refractivity contribution < 1.29 is 23.8 Å². The Balaban J connectivity index is 1.56. The molecule has 5 heteroatoms. The average molecular weight is 447 g/mol. The Hall–Kier alpha value is -1.88. The van der Waals surface area contributed by atoms with Gasteiger partial charge >= 0.3 is 11.9 Å². The molecule has 1 aliphatic heterocycles. The molecule has 0 aliphatic carbocycles. The van der Waals surface area contributed by atoms with Crippen LogP contribution in [0.3, 0.4) is 0 Å². The second kappa shape index (κ2) is 16.7. The maximum absolute atomic E-state index is 12.5. The second-order valence-corrected chi connectivity index (χ2v) is 8.80. The highest BCUT2D eigenvalue weighted by molar-refractivity contribution is 6.03. The van der Waals surface area contributed by atoms with Crippen molar-refractivity contribution >= 4 is 11.9 Å². The topological polar surface area (TPSA) is 61.8 Å². The van der Waals surface area contributed by atoms with Crippen molar-refractivity contribution in [2.24, 2.45) is 0 Å². The molecule has 1 unspecified atom stereocenters. The van der Waals surface area contributed by atoms with E-state index in [1.165, 1.54) is 64.2 Å². The van der Waals surface area contributed by atoms with E-state index in [1.54, 1.807) is 24.3 Å². The molecule has 0 bridgehead atoms. The fraction of sp³-hybridized carbons (Fsp3) is 0.704. The molecule has 1 atom stereocenters. The molecule has 1 saturated heterocycles. The minimum absolute atomic E-state index is 0.0381. The summed E-state index contributed by atoms with van der Waals surface area (Å²) in [5.41, 5.74) is 0.522. The standard InChI is InChI=1S/C27H42O5/c1-2-3-4-5-6-7-8-9-10-11-12-15-20-31-26(28)24-18-13-14-19-25(24)27(29)32-22-23-17-16-21-30-23/h13-14,18-19,23H,2-12,15-17,20-22H2,1H3. The summed E-state index contributed by atoms with van der Waals surface area (Å²) in [4.78, 5) is 24.9. The van der Waals surface area contributed by atoms with E-state index in [0.717, 1.165) is 25.7 Å². The quantitative estimate of drug-likeness (QED) is 0.193. The molecule has 0 amide bonds. The van der Waals surface area contributed by atoms with E-state index in [9.17, 15) is 9.59 Å². The monoisotopic (exact) mass is 446 g/mol. The van der Waals surface area contributed by atoms with Gasteiger partial charge in [-0.15, -0.1) is 0 Å². The third-order valence-electron chi connectivity index (χ3n) is 6.02. The third-order valence-corrected chi connectivity index (χ3v) is 6.02. The first-order valence-corrected chi connectivity index (χ1v) is 12.8. The smallest absolute Gasteiger partial charge is 0.339 e. The van der Waals surface area contributed by atoms with Crippen LogP contribution in [0.1, 0.15) is 118 Å². The molecule has 0 N–H and O–H groups in total. The van der Waals surface area contributed by atoms with Gasteiger partial charge in [-0.1, -0.05) is 89.7 Å². The lowest BCUT2D eigenvalue weighted by Crippen LogP contribution is -2.20. The summed E-state index contributed by atoms with van der Waals surface area (Å²) < 4.78 is 16.2. The van der Waals surface area contributed by atoms with Gasteiger partial charge in [-0.3, -0.25) is 0 Å². The molecule has 0 spiro atoms. The van der Waals surface area contributed by atoms with E-state index < -0.39 is 11.9 Å². The van der Waals surface area contributed by atoms with Gasteiger partial charge in [0.05, 0.1) is 23.8 Å². The Kier molecular flexibility index (Phi) is 13.8. The predicted molar refractivity (Wildman–Crippen MR) is 127 cm³/mol. The molecule has 1 aromatic rings. The maximum atomic E-state index is 12.5. The Morgan fingerprint density at radius 2 is 1.34 bits per heavy atom. The first kappa shape index (κ1) is 26.4. The first-order chi connectivity index (χ1) is 15.7. The number of ether oxygens (including phenoxy) is 3. The second-order valence-electron chi connectivity index (χ2n) is 8.80. The van der Waals surface area contributed by atoms with Crippen LogP contribution in [-0.4, -0.2) is 37.9 Å². The van der Waals surface area contributed by atoms with Crippen LogP contribution >= 0.6 is 0 Å². The SMILES string of the molecule is CCCCCCCCCCCCCCOC(=O)c1ccccc1C(=O)OCC1CCCO1. The average Bonchev–Trinajstić information content (AvgIpc) is 3.34. The van der Waals surface area contributed by atoms with E-state index in [1.807, 2.05) is 0 Å². The lowest BCUT2D eigenvalue weighted by atomic mass is 10.1. The van der Waals surface area contributed by atoms with Crippen LogP contribution in [0, 0.1) is 0 Å². The van der Waals surface area contributed by atoms with Crippen molar-refractivity contribution in [3.63, 3.8) is 0 Å². The van der Waals surface area contributed by atoms with Crippen molar-refractivity contribution in [2.45, 2.75) is 103 Å². The zero-order chi connectivity index (χ0) is 22.9. The van der Waals surface area contributed by atoms with E-state index in [0.29, 0.717) is 13.2 Å². The van der Waals surface area contributed by atoms with Crippen molar-refractivity contribution in [3.8, 4) is 0 Å². The lowest BCUT2D eigenvalue weighted by molar-refractivity contribution is 0.0157. The first-order valence-electron chi connectivity index (χ1n) is 12.8. The maximum Gasteiger partial charge on any atom is 0.339 e. The minimum Gasteiger partial charge on any atom is -0.462 e. The van der Waals surface area contributed by atoms with Gasteiger partial charge in [0.2, 0.25) is 0 Å². The summed E-state index contributed by atoms with van der Waals surface area (Å²) in [5, 5.41) is 0. The van der Waals surface area contributed by atoms with Gasteiger partial charge in [0.15, 0.2) is 0 Å². The number of hydrogen-bond donors (Lipinski definition) is 0. The molecule has 1 heterocycles. The molecule has 1 aromatic carbocycles. The van der Waals surface area contributed by atoms with Gasteiger partial charge in [-0.2, -0.15) is 0 Å². The number of carbonyl (C=O) groups is 2. The summed E-state index contributed by atoms with van der Waals surface area (Å²) in [7, 11) is 0. The predicted octanol–water partition coefficient (Wildman–Crippen LogP) is 6.88. The molecule has 1 fully saturated rings. The van der Waals surface area contributed by atoms with Crippen molar-refractivity contribution in [1.29, 1.82) is 0 Å². The number of benzene rings is 1. The van der Waals surface area contributed by atoms with Crippen LogP contribution in [0.25, 0.3) is 0 Å². The third kappa shape index (κ3) is 10.6. The zero-order valence-corrected chi connectivity index (χ0v) is 19.9. The van der Waals surface area contributed by atoms with Gasteiger partial charge in [-0.25, -0.2) is 9.59 Å². The number of esters is 2. The zero-order valence-electron chi connectivity index (χ0n) is 19.9. The molecule has 0 saturated carbocycles. The van der Waals surface area contributed by atoms with Crippen LogP contribution in [0.15, 0.2) is 24.3 Å². The van der Waals surface area contributed by atoms with Crippen LogP contribution in [0.5, 0.6) is 0 Å². The summed E-state index contributed by atoms with van der Waals surface area (Å²) in [6, 6.07) is 6.69. The molecule has 5 nitrogen and oxygen atoms in total. The van der Waals surface area contributed by atoms with Crippen molar-refractivity contribution in [3.05, 3.63) is 35.4 Å². The van der Waals surface area contributed by atoms with Gasteiger partial charge in [0.1, 0.15) is 6.61 Å². The fourth-order valence-electron chi connectivity index (χ4n) is 4.05. The molecule has 0 radical (unpaired) electrons. The molecule has 1 aliphatic rings. The highest BCUT2D eigenvalue weighted by atomic mass is 16.6. The number of hydrogen-bond acceptors (Lipinski definition) is 5. The van der Waals surface area contributed by atoms with Crippen molar-refractivity contribution in [2.75, 3.05) is 19.8 Å². The normalized spacial score (nSPS) is 15.6. The van der Waals surface area contributed by atoms with Gasteiger partial charge < -0.3 is 14.2 Å². The highest BCUT2D eigenvalue weighted by Crippen LogP contribution is 2.16. The Morgan fingerprint density at radius 3 is 1.88 bits per heavy atom.